The number of pyridine rings is 3. The minimum absolute atomic E-state index is 0.00491. The number of halogens is 19. The van der Waals surface area contributed by atoms with Crippen LogP contribution >= 0.6 is 15.9 Å². The molecule has 2 fully saturated rings. The Hall–Kier alpha value is -8.04. The Balaban J connectivity index is 0.000000170. The van der Waals surface area contributed by atoms with Crippen LogP contribution in [-0.2, 0) is 33.7 Å². The Labute approximate surface area is 625 Å². The Morgan fingerprint density at radius 2 is 0.780 bits per heavy atom. The van der Waals surface area contributed by atoms with Crippen LogP contribution in [0.4, 0.5) is 79.0 Å². The number of nitrogens with two attached hydrogens (primary N) is 1. The van der Waals surface area contributed by atoms with E-state index in [1.807, 2.05) is 34.6 Å². The fourth-order valence-electron chi connectivity index (χ4n) is 12.9. The first-order valence-corrected chi connectivity index (χ1v) is 35.7. The van der Waals surface area contributed by atoms with E-state index in [1.54, 1.807) is 60.7 Å². The summed E-state index contributed by atoms with van der Waals surface area (Å²) in [5.74, 6) is -9.61. The zero-order chi connectivity index (χ0) is 80.5. The number of Topliss-reactive ketones (excluding diaryl/α,β-unsaturated/α-hetero) is 1. The van der Waals surface area contributed by atoms with Crippen molar-refractivity contribution in [3.05, 3.63) is 193 Å². The lowest BCUT2D eigenvalue weighted by Gasteiger charge is -2.32. The monoisotopic (exact) mass is 1620 g/mol. The molecule has 5 aromatic rings. The molecule has 5 aliphatic carbocycles. The van der Waals surface area contributed by atoms with Gasteiger partial charge in [0.15, 0.2) is 5.82 Å². The lowest BCUT2D eigenvalue weighted by molar-refractivity contribution is -0.182. The van der Waals surface area contributed by atoms with E-state index in [0.29, 0.717) is 63.2 Å². The molecule has 1 saturated heterocycles. The topological polar surface area (TPSA) is 175 Å². The van der Waals surface area contributed by atoms with Crippen molar-refractivity contribution in [2.75, 3.05) is 0 Å². The number of fused-ring (bicyclic) bond motifs is 2. The molecule has 13 nitrogen and oxygen atoms in total. The smallest absolute Gasteiger partial charge is 0.400 e. The fraction of sp³-hybridized carbons (Fsp3) is 0.474. The zero-order valence-electron chi connectivity index (χ0n) is 59.6. The lowest BCUT2D eigenvalue weighted by Crippen LogP contribution is -2.41. The van der Waals surface area contributed by atoms with Gasteiger partial charge in [0, 0.05) is 30.5 Å². The molecule has 4 amide bonds. The molecule has 4 unspecified atom stereocenters. The second kappa shape index (κ2) is 35.5. The van der Waals surface area contributed by atoms with Crippen LogP contribution in [0.1, 0.15) is 207 Å². The molecule has 6 heterocycles. The standard InChI is InChI=1S/C21H16F4N2O2.C14H8BrFN2O2.C13H20BF3O2.C13H14F4N2.C8H11F3.C7H9F3O/c22-18-10-26-14(9-17(18)12-5-7-13(8-6-12)21(23,24)25)11-27-19(28)15-3-1-2-4-16(15)20(27)29;15-11-5-8(17-6-12(11)16)7-18-13(19)9-3-1-2-4-10(9)14(18)20;1-11(2)12(3,4)19-14(18-11)10-7-5-9(6-8-10)13(15,16)17;14-12-7-19-10(6-18)5-11(12)8-1-3-9(4-2-8)13(15,16)17;1-6-2-4-7(5-3-6)8(9,10)11;8-7(9,10)5-1-3-6(11)4-2-5/h1-5,9-10,13H,6-8,11H2;1-6H,7H2;7,9H,5-6,8H2,1-4H3;1,5,7,9H,2-4,6,18H2;2,7H,3-5H2,1H3;5H,1-4H2. The van der Waals surface area contributed by atoms with Gasteiger partial charge in [-0.25, -0.2) is 13.2 Å². The number of aromatic nitrogens is 3. The fourth-order valence-corrected chi connectivity index (χ4v) is 13.3. The summed E-state index contributed by atoms with van der Waals surface area (Å²) < 4.78 is 239. The Bertz CT molecular complexity index is 4170. The minimum Gasteiger partial charge on any atom is -0.400 e. The summed E-state index contributed by atoms with van der Waals surface area (Å²) in [4.78, 5) is 73.6. The molecular formula is C76H78BBrF18N6O7. The molecule has 8 aliphatic rings. The van der Waals surface area contributed by atoms with E-state index in [2.05, 4.69) is 30.9 Å². The summed E-state index contributed by atoms with van der Waals surface area (Å²) >= 11 is 3.05. The second-order valence-electron chi connectivity index (χ2n) is 28.4. The van der Waals surface area contributed by atoms with Gasteiger partial charge in [0.05, 0.1) is 116 Å². The van der Waals surface area contributed by atoms with Gasteiger partial charge in [-0.2, -0.15) is 65.9 Å². The van der Waals surface area contributed by atoms with Gasteiger partial charge in [0.1, 0.15) is 17.4 Å². The van der Waals surface area contributed by atoms with E-state index in [-0.39, 0.29) is 143 Å². The Morgan fingerprint density at radius 1 is 0.450 bits per heavy atom. The molecule has 3 aromatic heterocycles. The predicted octanol–water partition coefficient (Wildman–Crippen LogP) is 20.5. The third kappa shape index (κ3) is 22.6. The average Bonchev–Trinajstić information content (AvgIpc) is 1.64. The van der Waals surface area contributed by atoms with Gasteiger partial charge in [0.2, 0.25) is 0 Å². The van der Waals surface area contributed by atoms with Gasteiger partial charge in [0.25, 0.3) is 23.6 Å². The summed E-state index contributed by atoms with van der Waals surface area (Å²) in [6.07, 6.45) is -9.65. The molecule has 2 aromatic carbocycles. The van der Waals surface area contributed by atoms with Gasteiger partial charge in [-0.1, -0.05) is 54.1 Å². The molecule has 0 radical (unpaired) electrons. The third-order valence-corrected chi connectivity index (χ3v) is 20.9. The van der Waals surface area contributed by atoms with Crippen LogP contribution in [0.15, 0.2) is 125 Å². The summed E-state index contributed by atoms with van der Waals surface area (Å²) in [7, 11) is -0.501. The van der Waals surface area contributed by atoms with E-state index >= 15 is 0 Å². The SMILES string of the molecule is CC1(C)OB(C2=CCC(C(F)(F)F)CC2)OC1(C)C.CC1=CCC(C(F)(F)F)CC1.NCc1cc(C2=CCC(C(F)(F)F)CC2)c(F)cn1.O=C1CCC(C(F)(F)F)CC1.O=C1c2ccccc2C(=O)N1Cc1cc(Br)c(F)cn1.O=C1c2ccccc2C(=O)N1Cc1cc(C2=CCC(C(F)(F)F)CC2)c(F)cn1. The van der Waals surface area contributed by atoms with Crippen molar-refractivity contribution in [1.82, 2.24) is 24.8 Å². The molecule has 2 N–H and O–H groups in total. The van der Waals surface area contributed by atoms with Crippen molar-refractivity contribution in [1.29, 1.82) is 0 Å². The van der Waals surface area contributed by atoms with Crippen molar-refractivity contribution < 1.29 is 112 Å². The highest BCUT2D eigenvalue weighted by atomic mass is 79.9. The molecule has 1 saturated carbocycles. The first-order chi connectivity index (χ1) is 50.8. The maximum atomic E-state index is 14.3. The molecule has 33 heteroatoms. The molecular weight excluding hydrogens is 1540 g/mol. The van der Waals surface area contributed by atoms with Crippen LogP contribution < -0.4 is 5.73 Å². The highest BCUT2D eigenvalue weighted by Crippen LogP contribution is 2.46. The quantitative estimate of drug-likeness (QED) is 0.0677. The number of rotatable bonds is 8. The second-order valence-corrected chi connectivity index (χ2v) is 29.2. The summed E-state index contributed by atoms with van der Waals surface area (Å²) in [6.45, 7) is 9.69. The number of benzene rings is 2. The van der Waals surface area contributed by atoms with Gasteiger partial charge >= 0.3 is 38.0 Å². The first kappa shape index (κ1) is 86.6. The molecule has 0 spiro atoms. The van der Waals surface area contributed by atoms with E-state index < -0.39 is 108 Å². The highest BCUT2D eigenvalue weighted by molar-refractivity contribution is 9.10. The molecule has 13 rings (SSSR count). The van der Waals surface area contributed by atoms with Gasteiger partial charge in [-0.15, -0.1) is 0 Å². The van der Waals surface area contributed by atoms with Crippen LogP contribution in [0.2, 0.25) is 0 Å². The first-order valence-electron chi connectivity index (χ1n) is 34.9. The van der Waals surface area contributed by atoms with E-state index in [0.717, 1.165) is 39.4 Å². The van der Waals surface area contributed by atoms with Crippen molar-refractivity contribution in [3.8, 4) is 0 Å². The van der Waals surface area contributed by atoms with E-state index in [9.17, 15) is 103 Å². The van der Waals surface area contributed by atoms with Crippen LogP contribution in [0.5, 0.6) is 0 Å². The molecule has 109 heavy (non-hydrogen) atoms. The van der Waals surface area contributed by atoms with E-state index in [4.69, 9.17) is 15.0 Å². The van der Waals surface area contributed by atoms with Crippen LogP contribution in [-0.4, -0.2) is 103 Å². The minimum atomic E-state index is -4.27. The Morgan fingerprint density at radius 3 is 1.11 bits per heavy atom. The Kier molecular flexibility index (Phi) is 28.2. The maximum absolute atomic E-state index is 14.3. The lowest BCUT2D eigenvalue weighted by atomic mass is 9.70. The largest absolute Gasteiger partial charge is 0.490 e. The average molecular weight is 1620 g/mol. The van der Waals surface area contributed by atoms with Crippen molar-refractivity contribution in [2.24, 2.45) is 35.3 Å². The van der Waals surface area contributed by atoms with Crippen LogP contribution in [0, 0.1) is 47.0 Å². The number of amides is 4. The maximum Gasteiger partial charge on any atom is 0.490 e. The van der Waals surface area contributed by atoms with Crippen molar-refractivity contribution in [3.63, 3.8) is 0 Å². The normalized spacial score (nSPS) is 21.4. The van der Waals surface area contributed by atoms with Gasteiger partial charge in [-0.05, 0) is 200 Å². The zero-order valence-corrected chi connectivity index (χ0v) is 61.2. The molecule has 590 valence electrons. The number of alkyl halides is 15. The number of hydrogen-bond donors (Lipinski definition) is 1. The van der Waals surface area contributed by atoms with Crippen LogP contribution in [0.25, 0.3) is 11.1 Å². The number of imide groups is 2. The van der Waals surface area contributed by atoms with Crippen LogP contribution in [0.3, 0.4) is 0 Å². The van der Waals surface area contributed by atoms with Crippen molar-refractivity contribution in [2.45, 2.75) is 199 Å². The summed E-state index contributed by atoms with van der Waals surface area (Å²) in [5.41, 5.74) is 10.7. The predicted molar refractivity (Wildman–Crippen MR) is 370 cm³/mol. The number of hydrogen-bond acceptors (Lipinski definition) is 11. The van der Waals surface area contributed by atoms with Gasteiger partial charge < -0.3 is 15.0 Å². The number of carbonyl (C=O) groups excluding carboxylic acids is 5. The number of allylic oxidation sites excluding steroid dienone is 8. The summed E-state index contributed by atoms with van der Waals surface area (Å²) in [5, 5.41) is 0. The molecule has 0 bridgehead atoms. The van der Waals surface area contributed by atoms with Crippen molar-refractivity contribution >= 4 is 63.6 Å². The molecule has 3 aliphatic heterocycles. The third-order valence-electron chi connectivity index (χ3n) is 20.3. The van der Waals surface area contributed by atoms with Gasteiger partial charge in [-0.3, -0.25) is 48.7 Å². The molecule has 4 atom stereocenters. The number of ketones is 1. The number of carbonyl (C=O) groups is 5. The van der Waals surface area contributed by atoms with E-state index in [1.165, 1.54) is 30.4 Å². The highest BCUT2D eigenvalue weighted by Gasteiger charge is 2.54. The number of nitrogens with zero attached hydrogens (tertiary/aromatic N) is 5. The summed E-state index contributed by atoms with van der Waals surface area (Å²) in [6, 6.07) is 17.4.